The summed E-state index contributed by atoms with van der Waals surface area (Å²) in [7, 11) is 1.60. The van der Waals surface area contributed by atoms with E-state index in [1.807, 2.05) is 0 Å². The van der Waals surface area contributed by atoms with Crippen molar-refractivity contribution in [2.24, 2.45) is 5.73 Å². The summed E-state index contributed by atoms with van der Waals surface area (Å²) in [6.45, 7) is 0.973. The Morgan fingerprint density at radius 2 is 2.30 bits per heavy atom. The molecule has 20 heavy (non-hydrogen) atoms. The number of ether oxygens (including phenoxy) is 1. The molecule has 0 fully saturated rings. The van der Waals surface area contributed by atoms with E-state index in [0.717, 1.165) is 0 Å². The molecule has 1 atom stereocenters. The molecule has 0 aliphatic heterocycles. The van der Waals surface area contributed by atoms with Gasteiger partial charge in [0.25, 0.3) is 0 Å². The van der Waals surface area contributed by atoms with Gasteiger partial charge in [-0.1, -0.05) is 23.7 Å². The summed E-state index contributed by atoms with van der Waals surface area (Å²) in [4.78, 5) is 0. The zero-order valence-corrected chi connectivity index (χ0v) is 13.2. The van der Waals surface area contributed by atoms with E-state index in [0.29, 0.717) is 33.9 Å². The van der Waals surface area contributed by atoms with Crippen LogP contribution in [-0.4, -0.2) is 23.5 Å². The van der Waals surface area contributed by atoms with Gasteiger partial charge in [0.15, 0.2) is 0 Å². The van der Waals surface area contributed by atoms with Gasteiger partial charge in [-0.3, -0.25) is 4.68 Å². The molecule has 2 rings (SSSR count). The van der Waals surface area contributed by atoms with Crippen LogP contribution in [0.1, 0.15) is 17.3 Å². The number of nitrogens with zero attached hydrogens (tertiary/aromatic N) is 2. The lowest BCUT2D eigenvalue weighted by Gasteiger charge is -2.16. The summed E-state index contributed by atoms with van der Waals surface area (Å²) in [5.41, 5.74) is 7.09. The second-order valence-electron chi connectivity index (χ2n) is 4.21. The fourth-order valence-electron chi connectivity index (χ4n) is 1.95. The minimum absolute atomic E-state index is 0.362. The Balaban J connectivity index is 2.40. The highest BCUT2D eigenvalue weighted by molar-refractivity contribution is 9.10. The summed E-state index contributed by atoms with van der Waals surface area (Å²) in [5, 5.41) is 4.55. The molecule has 2 N–H and O–H groups in total. The van der Waals surface area contributed by atoms with E-state index in [1.54, 1.807) is 30.0 Å². The predicted octanol–water partition coefficient (Wildman–Crippen LogP) is 3.13. The van der Waals surface area contributed by atoms with Crippen LogP contribution in [-0.2, 0) is 11.3 Å². The van der Waals surface area contributed by atoms with Gasteiger partial charge in [-0.05, 0) is 22.0 Å². The summed E-state index contributed by atoms with van der Waals surface area (Å²) < 4.78 is 21.1. The standard InChI is InChI=1S/C13H14BrClFN3O/c1-20-6-5-19-13(10(15)7-18-19)12(17)8-3-2-4-9(14)11(8)16/h2-4,7,12H,5-6,17H2,1H3. The Labute approximate surface area is 129 Å². The number of hydrogen-bond acceptors (Lipinski definition) is 3. The Bertz CT molecular complexity index is 605. The van der Waals surface area contributed by atoms with Crippen molar-refractivity contribution in [3.05, 3.63) is 51.0 Å². The van der Waals surface area contributed by atoms with Gasteiger partial charge >= 0.3 is 0 Å². The first-order chi connectivity index (χ1) is 9.56. The summed E-state index contributed by atoms with van der Waals surface area (Å²) in [5.74, 6) is -0.393. The van der Waals surface area contributed by atoms with Crippen molar-refractivity contribution in [1.29, 1.82) is 0 Å². The van der Waals surface area contributed by atoms with Gasteiger partial charge in [0.1, 0.15) is 5.82 Å². The van der Waals surface area contributed by atoms with Gasteiger partial charge in [0.2, 0.25) is 0 Å². The Morgan fingerprint density at radius 1 is 1.55 bits per heavy atom. The van der Waals surface area contributed by atoms with Gasteiger partial charge in [0, 0.05) is 12.7 Å². The topological polar surface area (TPSA) is 53.1 Å². The maximum Gasteiger partial charge on any atom is 0.142 e. The SMILES string of the molecule is COCCn1ncc(Cl)c1C(N)c1cccc(Br)c1F. The average molecular weight is 363 g/mol. The Morgan fingerprint density at radius 3 is 3.00 bits per heavy atom. The molecule has 1 unspecified atom stereocenters. The molecule has 0 aliphatic carbocycles. The van der Waals surface area contributed by atoms with Crippen LogP contribution in [0.5, 0.6) is 0 Å². The van der Waals surface area contributed by atoms with Crippen LogP contribution >= 0.6 is 27.5 Å². The molecule has 0 aliphatic rings. The lowest BCUT2D eigenvalue weighted by molar-refractivity contribution is 0.182. The minimum atomic E-state index is -0.695. The van der Waals surface area contributed by atoms with Gasteiger partial charge in [0.05, 0.1) is 40.6 Å². The second-order valence-corrected chi connectivity index (χ2v) is 5.48. The lowest BCUT2D eigenvalue weighted by Crippen LogP contribution is -2.20. The minimum Gasteiger partial charge on any atom is -0.383 e. The number of nitrogens with two attached hydrogens (primary N) is 1. The van der Waals surface area contributed by atoms with Crippen LogP contribution in [0.3, 0.4) is 0 Å². The van der Waals surface area contributed by atoms with Crippen LogP contribution in [0.25, 0.3) is 0 Å². The molecule has 0 bridgehead atoms. The van der Waals surface area contributed by atoms with Gasteiger partial charge in [-0.25, -0.2) is 4.39 Å². The quantitative estimate of drug-likeness (QED) is 0.889. The third-order valence-corrected chi connectivity index (χ3v) is 3.86. The fraction of sp³-hybridized carbons (Fsp3) is 0.308. The maximum atomic E-state index is 14.1. The van der Waals surface area contributed by atoms with Crippen molar-refractivity contribution < 1.29 is 9.13 Å². The highest BCUT2D eigenvalue weighted by Gasteiger charge is 2.22. The monoisotopic (exact) mass is 361 g/mol. The number of benzene rings is 1. The smallest absolute Gasteiger partial charge is 0.142 e. The molecule has 0 spiro atoms. The Kier molecular flexibility index (Phi) is 5.15. The van der Waals surface area contributed by atoms with E-state index in [-0.39, 0.29) is 0 Å². The first-order valence-corrected chi connectivity index (χ1v) is 7.13. The van der Waals surface area contributed by atoms with E-state index >= 15 is 0 Å². The van der Waals surface area contributed by atoms with Crippen LogP contribution in [0.2, 0.25) is 5.02 Å². The van der Waals surface area contributed by atoms with Crippen molar-refractivity contribution in [2.45, 2.75) is 12.6 Å². The average Bonchev–Trinajstić information content (AvgIpc) is 2.80. The second kappa shape index (κ2) is 6.67. The predicted molar refractivity (Wildman–Crippen MR) is 79.2 cm³/mol. The number of rotatable bonds is 5. The molecule has 2 aromatic rings. The van der Waals surface area contributed by atoms with Crippen LogP contribution in [0, 0.1) is 5.82 Å². The summed E-state index contributed by atoms with van der Waals surface area (Å²) in [6, 6.07) is 4.29. The summed E-state index contributed by atoms with van der Waals surface area (Å²) in [6.07, 6.45) is 1.50. The zero-order valence-electron chi connectivity index (χ0n) is 10.8. The van der Waals surface area contributed by atoms with Crippen molar-refractivity contribution in [1.82, 2.24) is 9.78 Å². The molecular formula is C13H14BrClFN3O. The van der Waals surface area contributed by atoms with Gasteiger partial charge < -0.3 is 10.5 Å². The first kappa shape index (κ1) is 15.4. The molecule has 108 valence electrons. The van der Waals surface area contributed by atoms with E-state index < -0.39 is 11.9 Å². The molecule has 0 saturated heterocycles. The molecular weight excluding hydrogens is 349 g/mol. The van der Waals surface area contributed by atoms with Crippen molar-refractivity contribution in [3.63, 3.8) is 0 Å². The highest BCUT2D eigenvalue weighted by atomic mass is 79.9. The van der Waals surface area contributed by atoms with Crippen LogP contribution < -0.4 is 5.73 Å². The molecule has 0 radical (unpaired) electrons. The molecule has 1 aromatic carbocycles. The molecule has 0 amide bonds. The van der Waals surface area contributed by atoms with Gasteiger partial charge in [-0.2, -0.15) is 5.10 Å². The first-order valence-electron chi connectivity index (χ1n) is 5.96. The Hall–Kier alpha value is -0.950. The lowest BCUT2D eigenvalue weighted by atomic mass is 10.0. The molecule has 4 nitrogen and oxygen atoms in total. The van der Waals surface area contributed by atoms with Gasteiger partial charge in [-0.15, -0.1) is 0 Å². The van der Waals surface area contributed by atoms with E-state index in [4.69, 9.17) is 22.1 Å². The zero-order chi connectivity index (χ0) is 14.7. The number of methoxy groups -OCH3 is 1. The number of halogens is 3. The fourth-order valence-corrected chi connectivity index (χ4v) is 2.59. The molecule has 0 saturated carbocycles. The van der Waals surface area contributed by atoms with Crippen molar-refractivity contribution in [2.75, 3.05) is 13.7 Å². The van der Waals surface area contributed by atoms with Crippen molar-refractivity contribution >= 4 is 27.5 Å². The number of aromatic nitrogens is 2. The summed E-state index contributed by atoms with van der Waals surface area (Å²) >= 11 is 9.27. The van der Waals surface area contributed by atoms with Crippen molar-refractivity contribution in [3.8, 4) is 0 Å². The largest absolute Gasteiger partial charge is 0.383 e. The molecule has 1 heterocycles. The maximum absolute atomic E-state index is 14.1. The third-order valence-electron chi connectivity index (χ3n) is 2.95. The van der Waals surface area contributed by atoms with E-state index in [1.165, 1.54) is 6.20 Å². The van der Waals surface area contributed by atoms with Crippen LogP contribution in [0.15, 0.2) is 28.9 Å². The van der Waals surface area contributed by atoms with Crippen LogP contribution in [0.4, 0.5) is 4.39 Å². The normalized spacial score (nSPS) is 12.7. The third kappa shape index (κ3) is 3.03. The molecule has 7 heteroatoms. The number of hydrogen-bond donors (Lipinski definition) is 1. The molecule has 1 aromatic heterocycles. The van der Waals surface area contributed by atoms with E-state index in [9.17, 15) is 4.39 Å². The van der Waals surface area contributed by atoms with E-state index in [2.05, 4.69) is 21.0 Å². The highest BCUT2D eigenvalue weighted by Crippen LogP contribution is 2.30.